The Balaban J connectivity index is 2.37. The average Bonchev–Trinajstić information content (AvgIpc) is 2.41. The summed E-state index contributed by atoms with van der Waals surface area (Å²) in [4.78, 5) is 25.3. The van der Waals surface area contributed by atoms with Crippen LogP contribution in [0.1, 0.15) is 22.8 Å². The summed E-state index contributed by atoms with van der Waals surface area (Å²) in [6.07, 6.45) is 0. The number of benzene rings is 1. The predicted molar refractivity (Wildman–Crippen MR) is 84.4 cm³/mol. The van der Waals surface area contributed by atoms with Crippen LogP contribution in [0.25, 0.3) is 11.0 Å². The van der Waals surface area contributed by atoms with Crippen molar-refractivity contribution in [3.63, 3.8) is 0 Å². The van der Waals surface area contributed by atoms with Crippen LogP contribution >= 0.6 is 0 Å². The summed E-state index contributed by atoms with van der Waals surface area (Å²) in [5.41, 5.74) is 0.393. The third-order valence-electron chi connectivity index (χ3n) is 3.35. The number of carbonyl (C=O) groups excluding carboxylic acids is 1. The highest BCUT2D eigenvalue weighted by Crippen LogP contribution is 2.24. The summed E-state index contributed by atoms with van der Waals surface area (Å²) in [7, 11) is 3.97. The van der Waals surface area contributed by atoms with E-state index in [1.54, 1.807) is 6.07 Å². The standard InChI is InChI=1S/C16H20N2O4/c1-10(19)13-8-14-11(9-17-4-5-18(2)3)6-12(20)7-15(14)22-16(13)21/h6-8,17,20H,4-5,9H2,1-3H3. The van der Waals surface area contributed by atoms with Gasteiger partial charge in [-0.25, -0.2) is 4.79 Å². The maximum absolute atomic E-state index is 11.7. The molecule has 0 amide bonds. The molecule has 0 aliphatic rings. The third-order valence-corrected chi connectivity index (χ3v) is 3.35. The highest BCUT2D eigenvalue weighted by molar-refractivity contribution is 5.97. The van der Waals surface area contributed by atoms with Crippen LogP contribution in [0.15, 0.2) is 27.4 Å². The first kappa shape index (κ1) is 16.2. The Bertz CT molecular complexity index is 750. The van der Waals surface area contributed by atoms with Gasteiger partial charge in [-0.1, -0.05) is 0 Å². The molecule has 0 saturated heterocycles. The van der Waals surface area contributed by atoms with Crippen molar-refractivity contribution in [3.05, 3.63) is 39.7 Å². The molecule has 0 aliphatic heterocycles. The largest absolute Gasteiger partial charge is 0.508 e. The zero-order valence-electron chi connectivity index (χ0n) is 13.0. The highest BCUT2D eigenvalue weighted by Gasteiger charge is 2.13. The van der Waals surface area contributed by atoms with Gasteiger partial charge in [0.1, 0.15) is 16.9 Å². The first-order chi connectivity index (χ1) is 10.4. The summed E-state index contributed by atoms with van der Waals surface area (Å²) in [6.45, 7) is 3.49. The molecule has 0 spiro atoms. The van der Waals surface area contributed by atoms with Crippen LogP contribution in [0.4, 0.5) is 0 Å². The molecule has 6 nitrogen and oxygen atoms in total. The second kappa shape index (κ2) is 6.72. The molecule has 2 N–H and O–H groups in total. The van der Waals surface area contributed by atoms with E-state index in [1.807, 2.05) is 14.1 Å². The summed E-state index contributed by atoms with van der Waals surface area (Å²) in [5.74, 6) is -0.314. The lowest BCUT2D eigenvalue weighted by Crippen LogP contribution is -2.26. The van der Waals surface area contributed by atoms with Gasteiger partial charge < -0.3 is 19.7 Å². The SMILES string of the molecule is CC(=O)c1cc2c(CNCCN(C)C)cc(O)cc2oc1=O. The number of hydrogen-bond acceptors (Lipinski definition) is 6. The molecule has 0 radical (unpaired) electrons. The van der Waals surface area contributed by atoms with Crippen LogP contribution in [-0.4, -0.2) is 43.0 Å². The zero-order valence-corrected chi connectivity index (χ0v) is 13.0. The van der Waals surface area contributed by atoms with Crippen LogP contribution in [0.3, 0.4) is 0 Å². The van der Waals surface area contributed by atoms with Gasteiger partial charge in [0.05, 0.1) is 0 Å². The van der Waals surface area contributed by atoms with E-state index in [0.717, 1.165) is 18.7 Å². The molecule has 0 fully saturated rings. The number of carbonyl (C=O) groups is 1. The van der Waals surface area contributed by atoms with Crippen LogP contribution in [-0.2, 0) is 6.54 Å². The minimum Gasteiger partial charge on any atom is -0.508 e. The van der Waals surface area contributed by atoms with E-state index in [2.05, 4.69) is 10.2 Å². The van der Waals surface area contributed by atoms with Gasteiger partial charge in [0.15, 0.2) is 5.78 Å². The summed E-state index contributed by atoms with van der Waals surface area (Å²) in [5, 5.41) is 13.7. The second-order valence-electron chi connectivity index (χ2n) is 5.50. The first-order valence-corrected chi connectivity index (χ1v) is 7.04. The van der Waals surface area contributed by atoms with Gasteiger partial charge in [-0.3, -0.25) is 4.79 Å². The van der Waals surface area contributed by atoms with Gasteiger partial charge in [0.2, 0.25) is 0 Å². The molecule has 0 bridgehead atoms. The quantitative estimate of drug-likeness (QED) is 0.476. The fourth-order valence-electron chi connectivity index (χ4n) is 2.19. The fourth-order valence-corrected chi connectivity index (χ4v) is 2.19. The summed E-state index contributed by atoms with van der Waals surface area (Å²) >= 11 is 0. The van der Waals surface area contributed by atoms with Crippen molar-refractivity contribution >= 4 is 16.8 Å². The maximum atomic E-state index is 11.7. The van der Waals surface area contributed by atoms with Crippen LogP contribution in [0.2, 0.25) is 0 Å². The van der Waals surface area contributed by atoms with E-state index in [0.29, 0.717) is 11.9 Å². The number of fused-ring (bicyclic) bond motifs is 1. The molecular weight excluding hydrogens is 284 g/mol. The van der Waals surface area contributed by atoms with E-state index in [-0.39, 0.29) is 22.7 Å². The van der Waals surface area contributed by atoms with Crippen LogP contribution in [0, 0.1) is 0 Å². The molecule has 0 aliphatic carbocycles. The third kappa shape index (κ3) is 3.72. The van der Waals surface area contributed by atoms with Gasteiger partial charge >= 0.3 is 5.63 Å². The van der Waals surface area contributed by atoms with Crippen molar-refractivity contribution in [1.82, 2.24) is 10.2 Å². The zero-order chi connectivity index (χ0) is 16.3. The monoisotopic (exact) mass is 304 g/mol. The lowest BCUT2D eigenvalue weighted by molar-refractivity contribution is 0.101. The molecule has 1 heterocycles. The van der Waals surface area contributed by atoms with Crippen molar-refractivity contribution in [2.75, 3.05) is 27.2 Å². The Morgan fingerprint density at radius 1 is 1.32 bits per heavy atom. The van der Waals surface area contributed by atoms with Gasteiger partial charge in [-0.2, -0.15) is 0 Å². The lowest BCUT2D eigenvalue weighted by Gasteiger charge is -2.12. The van der Waals surface area contributed by atoms with Crippen molar-refractivity contribution in [2.45, 2.75) is 13.5 Å². The van der Waals surface area contributed by atoms with E-state index in [9.17, 15) is 14.7 Å². The number of likely N-dealkylation sites (N-methyl/N-ethyl adjacent to an activating group) is 1. The second-order valence-corrected chi connectivity index (χ2v) is 5.50. The lowest BCUT2D eigenvalue weighted by atomic mass is 10.1. The van der Waals surface area contributed by atoms with Gasteiger partial charge in [-0.05, 0) is 38.7 Å². The molecule has 0 atom stereocenters. The topological polar surface area (TPSA) is 82.8 Å². The molecular formula is C16H20N2O4. The number of ketones is 1. The average molecular weight is 304 g/mol. The smallest absolute Gasteiger partial charge is 0.347 e. The summed E-state index contributed by atoms with van der Waals surface area (Å²) in [6, 6.07) is 4.52. The Morgan fingerprint density at radius 2 is 2.05 bits per heavy atom. The van der Waals surface area contributed by atoms with Gasteiger partial charge in [0.25, 0.3) is 0 Å². The Labute approximate surface area is 128 Å². The molecule has 1 aromatic heterocycles. The number of phenolic OH excluding ortho intramolecular Hbond substituents is 1. The number of nitrogens with one attached hydrogen (secondary N) is 1. The van der Waals surface area contributed by atoms with Crippen LogP contribution in [0.5, 0.6) is 5.75 Å². The number of phenols is 1. The number of aromatic hydroxyl groups is 1. The van der Waals surface area contributed by atoms with E-state index in [1.165, 1.54) is 19.1 Å². The number of Topliss-reactive ketones (excluding diaryl/α,β-unsaturated/α-hetero) is 1. The van der Waals surface area contributed by atoms with Crippen LogP contribution < -0.4 is 10.9 Å². The predicted octanol–water partition coefficient (Wildman–Crippen LogP) is 1.35. The Morgan fingerprint density at radius 3 is 2.68 bits per heavy atom. The molecule has 2 rings (SSSR count). The number of rotatable bonds is 6. The molecule has 118 valence electrons. The van der Waals surface area contributed by atoms with E-state index in [4.69, 9.17) is 4.42 Å². The molecule has 6 heteroatoms. The van der Waals surface area contributed by atoms with Gasteiger partial charge in [-0.15, -0.1) is 0 Å². The summed E-state index contributed by atoms with van der Waals surface area (Å²) < 4.78 is 5.15. The minimum absolute atomic E-state index is 0.0210. The molecule has 0 saturated carbocycles. The van der Waals surface area contributed by atoms with Crippen molar-refractivity contribution < 1.29 is 14.3 Å². The van der Waals surface area contributed by atoms with Crippen molar-refractivity contribution in [1.29, 1.82) is 0 Å². The normalized spacial score (nSPS) is 11.3. The molecule has 22 heavy (non-hydrogen) atoms. The fraction of sp³-hybridized carbons (Fsp3) is 0.375. The number of nitrogens with zero attached hydrogens (tertiary/aromatic N) is 1. The molecule has 1 aromatic carbocycles. The molecule has 2 aromatic rings. The first-order valence-electron chi connectivity index (χ1n) is 7.04. The Hall–Kier alpha value is -2.18. The maximum Gasteiger partial charge on any atom is 0.347 e. The highest BCUT2D eigenvalue weighted by atomic mass is 16.4. The Kier molecular flexibility index (Phi) is 4.95. The molecule has 0 unspecified atom stereocenters. The number of hydrogen-bond donors (Lipinski definition) is 2. The van der Waals surface area contributed by atoms with Crippen molar-refractivity contribution in [2.24, 2.45) is 0 Å². The minimum atomic E-state index is -0.683. The van der Waals surface area contributed by atoms with E-state index >= 15 is 0 Å². The van der Waals surface area contributed by atoms with Crippen molar-refractivity contribution in [3.8, 4) is 5.75 Å². The van der Waals surface area contributed by atoms with Gasteiger partial charge in [0, 0.05) is 31.1 Å². The van der Waals surface area contributed by atoms with E-state index < -0.39 is 5.63 Å².